The normalized spacial score (nSPS) is 20.0. The van der Waals surface area contributed by atoms with Gasteiger partial charge in [-0.05, 0) is 32.4 Å². The molecule has 1 aliphatic rings. The molecule has 1 fully saturated rings. The highest BCUT2D eigenvalue weighted by Crippen LogP contribution is 2.07. The van der Waals surface area contributed by atoms with Gasteiger partial charge in [0.25, 0.3) is 0 Å². The first kappa shape index (κ1) is 8.53. The number of hydrogen-bond acceptors (Lipinski definition) is 2. The molecular formula is C8H14NO2. The average Bonchev–Trinajstić information content (AvgIpc) is 2.03. The van der Waals surface area contributed by atoms with Crippen molar-refractivity contribution in [3.8, 4) is 0 Å². The summed E-state index contributed by atoms with van der Waals surface area (Å²) >= 11 is 0. The number of likely N-dealkylation sites (tertiary alicyclic amines) is 1. The Morgan fingerprint density at radius 1 is 1.45 bits per heavy atom. The predicted octanol–water partition coefficient (Wildman–Crippen LogP) is 0.761. The number of carboxylic acid groups (broad SMARTS) is 1. The van der Waals surface area contributed by atoms with E-state index in [2.05, 4.69) is 11.3 Å². The summed E-state index contributed by atoms with van der Waals surface area (Å²) in [5.74, 6) is -0.695. The number of aliphatic carboxylic acids is 1. The van der Waals surface area contributed by atoms with E-state index in [4.69, 9.17) is 5.11 Å². The van der Waals surface area contributed by atoms with Crippen LogP contribution in [-0.4, -0.2) is 35.6 Å². The molecule has 0 atom stereocenters. The Bertz CT molecular complexity index is 130. The fourth-order valence-corrected chi connectivity index (χ4v) is 1.28. The Labute approximate surface area is 67.0 Å². The van der Waals surface area contributed by atoms with Crippen LogP contribution in [0.2, 0.25) is 0 Å². The summed E-state index contributed by atoms with van der Waals surface area (Å²) in [4.78, 5) is 12.4. The lowest BCUT2D eigenvalue weighted by Crippen LogP contribution is -2.31. The Morgan fingerprint density at radius 2 is 2.09 bits per heavy atom. The fraction of sp³-hybridized carbons (Fsp3) is 0.750. The van der Waals surface area contributed by atoms with Gasteiger partial charge in [0.05, 0.1) is 6.42 Å². The first-order chi connectivity index (χ1) is 5.29. The van der Waals surface area contributed by atoms with Crippen LogP contribution in [0.4, 0.5) is 0 Å². The molecule has 0 aliphatic carbocycles. The summed E-state index contributed by atoms with van der Waals surface area (Å²) in [5.41, 5.74) is 0. The van der Waals surface area contributed by atoms with E-state index < -0.39 is 5.97 Å². The number of hydrogen-bond donors (Lipinski definition) is 1. The van der Waals surface area contributed by atoms with Crippen molar-refractivity contribution in [1.82, 2.24) is 4.90 Å². The summed E-state index contributed by atoms with van der Waals surface area (Å²) in [7, 11) is 0. The number of carboxylic acids is 1. The highest BCUT2D eigenvalue weighted by molar-refractivity contribution is 5.66. The monoisotopic (exact) mass is 156 g/mol. The van der Waals surface area contributed by atoms with Gasteiger partial charge in [0, 0.05) is 6.54 Å². The summed E-state index contributed by atoms with van der Waals surface area (Å²) in [5, 5.41) is 8.41. The molecule has 0 spiro atoms. The molecule has 0 aromatic rings. The minimum atomic E-state index is -0.695. The van der Waals surface area contributed by atoms with Crippen LogP contribution in [0.5, 0.6) is 0 Å². The molecule has 1 heterocycles. The third-order valence-corrected chi connectivity index (χ3v) is 1.94. The van der Waals surface area contributed by atoms with E-state index in [0.717, 1.165) is 25.9 Å². The first-order valence-corrected chi connectivity index (χ1v) is 4.05. The van der Waals surface area contributed by atoms with E-state index in [1.807, 2.05) is 0 Å². The topological polar surface area (TPSA) is 40.5 Å². The largest absolute Gasteiger partial charge is 0.481 e. The van der Waals surface area contributed by atoms with Gasteiger partial charge in [-0.25, -0.2) is 0 Å². The molecule has 63 valence electrons. The molecule has 11 heavy (non-hydrogen) atoms. The van der Waals surface area contributed by atoms with Gasteiger partial charge in [-0.15, -0.1) is 0 Å². The molecule has 1 rings (SSSR count). The number of piperidine rings is 1. The third kappa shape index (κ3) is 3.37. The van der Waals surface area contributed by atoms with Crippen molar-refractivity contribution in [2.24, 2.45) is 0 Å². The van der Waals surface area contributed by atoms with E-state index in [9.17, 15) is 4.79 Å². The summed E-state index contributed by atoms with van der Waals surface area (Å²) < 4.78 is 0. The number of nitrogens with zero attached hydrogens (tertiary/aromatic N) is 1. The maximum absolute atomic E-state index is 10.2. The highest BCUT2D eigenvalue weighted by atomic mass is 16.4. The minimum absolute atomic E-state index is 0.278. The van der Waals surface area contributed by atoms with Crippen molar-refractivity contribution in [1.29, 1.82) is 0 Å². The van der Waals surface area contributed by atoms with Gasteiger partial charge in [0.15, 0.2) is 0 Å². The zero-order chi connectivity index (χ0) is 8.10. The van der Waals surface area contributed by atoms with Gasteiger partial charge < -0.3 is 10.0 Å². The standard InChI is InChI=1S/C8H14NO2/c10-8(11)4-7-9-5-2-1-3-6-9/h1H,2-7H2,(H,10,11). The van der Waals surface area contributed by atoms with Gasteiger partial charge in [-0.1, -0.05) is 0 Å². The van der Waals surface area contributed by atoms with Crippen LogP contribution in [0.25, 0.3) is 0 Å². The lowest BCUT2D eigenvalue weighted by molar-refractivity contribution is -0.137. The fourth-order valence-electron chi connectivity index (χ4n) is 1.28. The van der Waals surface area contributed by atoms with Crippen molar-refractivity contribution in [3.63, 3.8) is 0 Å². The van der Waals surface area contributed by atoms with Crippen molar-refractivity contribution < 1.29 is 9.90 Å². The molecule has 1 radical (unpaired) electrons. The molecule has 0 aromatic carbocycles. The Morgan fingerprint density at radius 3 is 2.64 bits per heavy atom. The van der Waals surface area contributed by atoms with Gasteiger partial charge in [-0.3, -0.25) is 4.79 Å². The van der Waals surface area contributed by atoms with E-state index in [1.165, 1.54) is 0 Å². The average molecular weight is 156 g/mol. The molecule has 0 saturated carbocycles. The van der Waals surface area contributed by atoms with Crippen molar-refractivity contribution in [3.05, 3.63) is 6.42 Å². The van der Waals surface area contributed by atoms with Crippen LogP contribution < -0.4 is 0 Å². The van der Waals surface area contributed by atoms with E-state index >= 15 is 0 Å². The quantitative estimate of drug-likeness (QED) is 0.655. The first-order valence-electron chi connectivity index (χ1n) is 4.05. The smallest absolute Gasteiger partial charge is 0.304 e. The van der Waals surface area contributed by atoms with Crippen LogP contribution in [-0.2, 0) is 4.79 Å². The van der Waals surface area contributed by atoms with Crippen LogP contribution in [0, 0.1) is 6.42 Å². The molecule has 1 aliphatic heterocycles. The molecule has 0 aromatic heterocycles. The molecule has 1 N–H and O–H groups in total. The van der Waals surface area contributed by atoms with Crippen molar-refractivity contribution in [2.45, 2.75) is 19.3 Å². The van der Waals surface area contributed by atoms with Gasteiger partial charge in [0.1, 0.15) is 0 Å². The van der Waals surface area contributed by atoms with Crippen LogP contribution in [0.1, 0.15) is 19.3 Å². The zero-order valence-electron chi connectivity index (χ0n) is 6.62. The highest BCUT2D eigenvalue weighted by Gasteiger charge is 2.10. The van der Waals surface area contributed by atoms with E-state index in [0.29, 0.717) is 6.54 Å². The van der Waals surface area contributed by atoms with Crippen molar-refractivity contribution in [2.75, 3.05) is 19.6 Å². The second-order valence-corrected chi connectivity index (χ2v) is 2.85. The van der Waals surface area contributed by atoms with Gasteiger partial charge >= 0.3 is 5.97 Å². The van der Waals surface area contributed by atoms with Crippen molar-refractivity contribution >= 4 is 5.97 Å². The second kappa shape index (κ2) is 4.34. The Kier molecular flexibility index (Phi) is 3.36. The van der Waals surface area contributed by atoms with Gasteiger partial charge in [0.2, 0.25) is 0 Å². The number of rotatable bonds is 3. The van der Waals surface area contributed by atoms with E-state index in [-0.39, 0.29) is 6.42 Å². The Hall–Kier alpha value is -0.570. The SMILES string of the molecule is O=C(O)CCN1CC[CH]CC1. The van der Waals surface area contributed by atoms with Crippen LogP contribution in [0.3, 0.4) is 0 Å². The lowest BCUT2D eigenvalue weighted by atomic mass is 10.1. The third-order valence-electron chi connectivity index (χ3n) is 1.94. The maximum atomic E-state index is 10.2. The molecule has 3 nitrogen and oxygen atoms in total. The molecule has 1 saturated heterocycles. The van der Waals surface area contributed by atoms with Crippen LogP contribution in [0.15, 0.2) is 0 Å². The van der Waals surface area contributed by atoms with Gasteiger partial charge in [-0.2, -0.15) is 0 Å². The molecular weight excluding hydrogens is 142 g/mol. The van der Waals surface area contributed by atoms with Crippen LogP contribution >= 0.6 is 0 Å². The number of carbonyl (C=O) groups is 1. The Balaban J connectivity index is 2.09. The molecule has 0 bridgehead atoms. The van der Waals surface area contributed by atoms with E-state index in [1.54, 1.807) is 0 Å². The summed E-state index contributed by atoms with van der Waals surface area (Å²) in [6, 6.07) is 0. The summed E-state index contributed by atoms with van der Waals surface area (Å²) in [6.45, 7) is 2.78. The second-order valence-electron chi connectivity index (χ2n) is 2.85. The lowest BCUT2D eigenvalue weighted by Gasteiger charge is -2.25. The summed E-state index contributed by atoms with van der Waals surface area (Å²) in [6.07, 6.45) is 4.76. The molecule has 3 heteroatoms. The maximum Gasteiger partial charge on any atom is 0.304 e. The molecule has 0 unspecified atom stereocenters. The minimum Gasteiger partial charge on any atom is -0.481 e. The predicted molar refractivity (Wildman–Crippen MR) is 42.2 cm³/mol. The molecule has 0 amide bonds. The zero-order valence-corrected chi connectivity index (χ0v) is 6.62.